The summed E-state index contributed by atoms with van der Waals surface area (Å²) in [4.78, 5) is 2.52. The number of nitrogens with two attached hydrogens (primary N) is 1. The van der Waals surface area contributed by atoms with Crippen molar-refractivity contribution in [2.24, 2.45) is 5.73 Å². The average molecular weight is 234 g/mol. The summed E-state index contributed by atoms with van der Waals surface area (Å²) in [7, 11) is 1.70. The molecule has 17 heavy (non-hydrogen) atoms. The van der Waals surface area contributed by atoms with Crippen LogP contribution >= 0.6 is 0 Å². The van der Waals surface area contributed by atoms with Crippen molar-refractivity contribution in [3.05, 3.63) is 29.8 Å². The van der Waals surface area contributed by atoms with Gasteiger partial charge in [0.2, 0.25) is 0 Å². The first-order chi connectivity index (χ1) is 8.33. The highest BCUT2D eigenvalue weighted by Crippen LogP contribution is 2.26. The summed E-state index contributed by atoms with van der Waals surface area (Å²) < 4.78 is 5.15. The van der Waals surface area contributed by atoms with E-state index in [9.17, 15) is 0 Å². The topological polar surface area (TPSA) is 38.5 Å². The molecule has 1 saturated carbocycles. The Balaban J connectivity index is 1.82. The molecule has 0 aromatic heterocycles. The minimum Gasteiger partial charge on any atom is -0.497 e. The first-order valence-corrected chi connectivity index (χ1v) is 6.40. The van der Waals surface area contributed by atoms with E-state index in [4.69, 9.17) is 10.5 Å². The molecule has 0 saturated heterocycles. The highest BCUT2D eigenvalue weighted by atomic mass is 16.5. The molecule has 0 spiro atoms. The van der Waals surface area contributed by atoms with Gasteiger partial charge in [0.15, 0.2) is 0 Å². The van der Waals surface area contributed by atoms with Crippen LogP contribution in [0, 0.1) is 0 Å². The molecule has 3 nitrogen and oxygen atoms in total. The van der Waals surface area contributed by atoms with Crippen molar-refractivity contribution in [1.29, 1.82) is 0 Å². The zero-order valence-electron chi connectivity index (χ0n) is 10.6. The Kier molecular flexibility index (Phi) is 4.40. The number of benzene rings is 1. The molecular weight excluding hydrogens is 212 g/mol. The number of ether oxygens (including phenoxy) is 1. The van der Waals surface area contributed by atoms with Gasteiger partial charge in [-0.25, -0.2) is 0 Å². The van der Waals surface area contributed by atoms with Crippen molar-refractivity contribution < 1.29 is 4.74 Å². The summed E-state index contributed by atoms with van der Waals surface area (Å²) in [5.74, 6) is 0.926. The van der Waals surface area contributed by atoms with E-state index in [-0.39, 0.29) is 0 Å². The molecule has 3 heteroatoms. The summed E-state index contributed by atoms with van der Waals surface area (Å²) in [6, 6.07) is 9.15. The molecule has 0 unspecified atom stereocenters. The maximum Gasteiger partial charge on any atom is 0.118 e. The highest BCUT2D eigenvalue weighted by Gasteiger charge is 2.27. The minimum absolute atomic E-state index is 0.763. The zero-order valence-corrected chi connectivity index (χ0v) is 10.6. The quantitative estimate of drug-likeness (QED) is 0.780. The summed E-state index contributed by atoms with van der Waals surface area (Å²) in [5, 5.41) is 0. The van der Waals surface area contributed by atoms with E-state index in [0.29, 0.717) is 0 Å². The lowest BCUT2D eigenvalue weighted by molar-refractivity contribution is 0.274. The second-order valence-corrected chi connectivity index (χ2v) is 4.65. The van der Waals surface area contributed by atoms with E-state index in [1.165, 1.54) is 18.4 Å². The fourth-order valence-corrected chi connectivity index (χ4v) is 2.15. The van der Waals surface area contributed by atoms with Crippen LogP contribution in [-0.2, 0) is 6.42 Å². The van der Waals surface area contributed by atoms with E-state index in [1.54, 1.807) is 7.11 Å². The Morgan fingerprint density at radius 2 is 1.94 bits per heavy atom. The standard InChI is InChI=1S/C14H22N2O/c1-17-14-6-2-12(3-7-14)8-10-16(11-9-15)13-4-5-13/h2-3,6-7,13H,4-5,8-11,15H2,1H3. The second kappa shape index (κ2) is 6.03. The molecule has 2 rings (SSSR count). The normalized spacial score (nSPS) is 15.2. The van der Waals surface area contributed by atoms with Crippen LogP contribution in [0.3, 0.4) is 0 Å². The highest BCUT2D eigenvalue weighted by molar-refractivity contribution is 5.27. The monoisotopic (exact) mass is 234 g/mol. The molecular formula is C14H22N2O. The molecule has 1 aromatic rings. The molecule has 94 valence electrons. The molecule has 0 heterocycles. The van der Waals surface area contributed by atoms with E-state index in [2.05, 4.69) is 17.0 Å². The van der Waals surface area contributed by atoms with Crippen LogP contribution < -0.4 is 10.5 Å². The molecule has 0 amide bonds. The first-order valence-electron chi connectivity index (χ1n) is 6.40. The van der Waals surface area contributed by atoms with E-state index >= 15 is 0 Å². The summed E-state index contributed by atoms with van der Waals surface area (Å²) in [6.45, 7) is 2.91. The molecule has 1 aromatic carbocycles. The lowest BCUT2D eigenvalue weighted by Gasteiger charge is -2.20. The van der Waals surface area contributed by atoms with Gasteiger partial charge in [0.1, 0.15) is 5.75 Å². The molecule has 1 aliphatic rings. The lowest BCUT2D eigenvalue weighted by atomic mass is 10.1. The number of methoxy groups -OCH3 is 1. The number of hydrogen-bond acceptors (Lipinski definition) is 3. The molecule has 0 aliphatic heterocycles. The van der Waals surface area contributed by atoms with E-state index < -0.39 is 0 Å². The zero-order chi connectivity index (χ0) is 12.1. The van der Waals surface area contributed by atoms with Crippen molar-refractivity contribution in [2.75, 3.05) is 26.7 Å². The molecule has 0 bridgehead atoms. The third-order valence-electron chi connectivity index (χ3n) is 3.33. The van der Waals surface area contributed by atoms with Gasteiger partial charge in [-0.3, -0.25) is 4.90 Å². The number of hydrogen-bond donors (Lipinski definition) is 1. The predicted molar refractivity (Wildman–Crippen MR) is 70.3 cm³/mol. The predicted octanol–water partition coefficient (Wildman–Crippen LogP) is 1.66. The Hall–Kier alpha value is -1.06. The maximum atomic E-state index is 5.64. The van der Waals surface area contributed by atoms with Crippen LogP contribution in [0.15, 0.2) is 24.3 Å². The Morgan fingerprint density at radius 1 is 1.24 bits per heavy atom. The Morgan fingerprint density at radius 3 is 2.47 bits per heavy atom. The van der Waals surface area contributed by atoms with Crippen LogP contribution in [0.2, 0.25) is 0 Å². The maximum absolute atomic E-state index is 5.64. The van der Waals surface area contributed by atoms with Gasteiger partial charge in [0.05, 0.1) is 7.11 Å². The Labute approximate surface area is 104 Å². The third-order valence-corrected chi connectivity index (χ3v) is 3.33. The van der Waals surface area contributed by atoms with Crippen molar-refractivity contribution in [1.82, 2.24) is 4.90 Å². The van der Waals surface area contributed by atoms with E-state index in [1.807, 2.05) is 12.1 Å². The smallest absolute Gasteiger partial charge is 0.118 e. The largest absolute Gasteiger partial charge is 0.497 e. The minimum atomic E-state index is 0.763. The molecule has 2 N–H and O–H groups in total. The van der Waals surface area contributed by atoms with Gasteiger partial charge in [0.25, 0.3) is 0 Å². The van der Waals surface area contributed by atoms with Crippen molar-refractivity contribution in [2.45, 2.75) is 25.3 Å². The van der Waals surface area contributed by atoms with Gasteiger partial charge in [-0.15, -0.1) is 0 Å². The first kappa shape index (κ1) is 12.4. The molecule has 0 atom stereocenters. The van der Waals surface area contributed by atoms with Crippen molar-refractivity contribution in [3.8, 4) is 5.75 Å². The molecule has 1 aliphatic carbocycles. The van der Waals surface area contributed by atoms with Crippen LogP contribution in [0.4, 0.5) is 0 Å². The molecule has 1 fully saturated rings. The van der Waals surface area contributed by atoms with Crippen LogP contribution in [0.1, 0.15) is 18.4 Å². The third kappa shape index (κ3) is 3.72. The van der Waals surface area contributed by atoms with E-state index in [0.717, 1.165) is 37.8 Å². The van der Waals surface area contributed by atoms with Gasteiger partial charge in [0, 0.05) is 25.7 Å². The van der Waals surface area contributed by atoms with Crippen LogP contribution in [0.25, 0.3) is 0 Å². The van der Waals surface area contributed by atoms with Crippen LogP contribution in [0.5, 0.6) is 5.75 Å². The average Bonchev–Trinajstić information content (AvgIpc) is 3.19. The lowest BCUT2D eigenvalue weighted by Crippen LogP contribution is -2.33. The van der Waals surface area contributed by atoms with Crippen molar-refractivity contribution in [3.63, 3.8) is 0 Å². The van der Waals surface area contributed by atoms with Gasteiger partial charge >= 0.3 is 0 Å². The number of nitrogens with zero attached hydrogens (tertiary/aromatic N) is 1. The fraction of sp³-hybridized carbons (Fsp3) is 0.571. The second-order valence-electron chi connectivity index (χ2n) is 4.65. The molecule has 0 radical (unpaired) electrons. The van der Waals surface area contributed by atoms with Gasteiger partial charge in [-0.2, -0.15) is 0 Å². The summed E-state index contributed by atoms with van der Waals surface area (Å²) in [6.07, 6.45) is 3.80. The van der Waals surface area contributed by atoms with Gasteiger partial charge in [-0.1, -0.05) is 12.1 Å². The fourth-order valence-electron chi connectivity index (χ4n) is 2.15. The van der Waals surface area contributed by atoms with Gasteiger partial charge < -0.3 is 10.5 Å². The Bertz CT molecular complexity index is 333. The summed E-state index contributed by atoms with van der Waals surface area (Å²) >= 11 is 0. The van der Waals surface area contributed by atoms with Crippen molar-refractivity contribution >= 4 is 0 Å². The summed E-state index contributed by atoms with van der Waals surface area (Å²) in [5.41, 5.74) is 7.01. The van der Waals surface area contributed by atoms with Crippen LogP contribution in [-0.4, -0.2) is 37.7 Å². The SMILES string of the molecule is COc1ccc(CCN(CCN)C2CC2)cc1. The van der Waals surface area contributed by atoms with Gasteiger partial charge in [-0.05, 0) is 37.0 Å². The number of rotatable bonds is 7.